The van der Waals surface area contributed by atoms with E-state index < -0.39 is 0 Å². The highest BCUT2D eigenvalue weighted by molar-refractivity contribution is 7.99. The van der Waals surface area contributed by atoms with Crippen LogP contribution in [0.4, 0.5) is 0 Å². The van der Waals surface area contributed by atoms with E-state index >= 15 is 0 Å². The average Bonchev–Trinajstić information content (AvgIpc) is 2.51. The molecule has 0 atom stereocenters. The molecule has 3 aromatic rings. The van der Waals surface area contributed by atoms with E-state index in [1.54, 1.807) is 24.5 Å². The fourth-order valence-corrected chi connectivity index (χ4v) is 3.01. The number of hydrogen-bond acceptors (Lipinski definition) is 4. The number of nitriles is 1. The first-order chi connectivity index (χ1) is 9.79. The van der Waals surface area contributed by atoms with E-state index in [2.05, 4.69) is 11.1 Å². The topological polar surface area (TPSA) is 56.9 Å². The Bertz CT molecular complexity index is 824. The van der Waals surface area contributed by atoms with Crippen LogP contribution in [0.5, 0.6) is 5.75 Å². The summed E-state index contributed by atoms with van der Waals surface area (Å²) in [5, 5.41) is 20.8. The van der Waals surface area contributed by atoms with Crippen molar-refractivity contribution in [3.05, 3.63) is 60.4 Å². The van der Waals surface area contributed by atoms with Crippen LogP contribution in [0.25, 0.3) is 10.8 Å². The molecule has 0 aliphatic rings. The molecule has 0 saturated heterocycles. The van der Waals surface area contributed by atoms with Gasteiger partial charge in [-0.25, -0.2) is 0 Å². The van der Waals surface area contributed by atoms with Gasteiger partial charge < -0.3 is 5.11 Å². The quantitative estimate of drug-likeness (QED) is 0.770. The molecule has 0 aliphatic carbocycles. The molecular formula is C16H10N2OS. The monoisotopic (exact) mass is 278 g/mol. The molecule has 20 heavy (non-hydrogen) atoms. The Hall–Kier alpha value is -2.51. The summed E-state index contributed by atoms with van der Waals surface area (Å²) in [6, 6.07) is 15.1. The predicted molar refractivity (Wildman–Crippen MR) is 78.7 cm³/mol. The minimum Gasteiger partial charge on any atom is -0.507 e. The lowest BCUT2D eigenvalue weighted by Crippen LogP contribution is -1.84. The number of benzene rings is 2. The van der Waals surface area contributed by atoms with Crippen molar-refractivity contribution in [3.8, 4) is 11.8 Å². The number of fused-ring (bicyclic) bond motifs is 1. The molecule has 0 unspecified atom stereocenters. The third kappa shape index (κ3) is 2.20. The summed E-state index contributed by atoms with van der Waals surface area (Å²) in [7, 11) is 0. The maximum Gasteiger partial charge on any atom is 0.123 e. The molecule has 1 N–H and O–H groups in total. The summed E-state index contributed by atoms with van der Waals surface area (Å²) in [5.74, 6) is 0.261. The molecule has 1 heterocycles. The second kappa shape index (κ2) is 5.24. The van der Waals surface area contributed by atoms with E-state index in [1.165, 1.54) is 11.8 Å². The van der Waals surface area contributed by atoms with Crippen molar-refractivity contribution in [2.24, 2.45) is 0 Å². The lowest BCUT2D eigenvalue weighted by atomic mass is 10.1. The van der Waals surface area contributed by atoms with Crippen molar-refractivity contribution in [2.75, 3.05) is 0 Å². The Kier molecular flexibility index (Phi) is 3.28. The molecule has 3 rings (SSSR count). The van der Waals surface area contributed by atoms with Crippen LogP contribution in [0.15, 0.2) is 64.6 Å². The van der Waals surface area contributed by atoms with Gasteiger partial charge in [0, 0.05) is 27.6 Å². The van der Waals surface area contributed by atoms with Crippen molar-refractivity contribution in [2.45, 2.75) is 9.79 Å². The van der Waals surface area contributed by atoms with E-state index in [0.29, 0.717) is 5.56 Å². The SMILES string of the molecule is N#Cc1ccncc1Sc1ccc(O)c2ccccc12. The van der Waals surface area contributed by atoms with Crippen molar-refractivity contribution in [1.29, 1.82) is 5.26 Å². The number of phenols is 1. The first-order valence-electron chi connectivity index (χ1n) is 6.02. The Labute approximate surface area is 120 Å². The van der Waals surface area contributed by atoms with Crippen LogP contribution in [0.2, 0.25) is 0 Å². The van der Waals surface area contributed by atoms with E-state index in [9.17, 15) is 5.11 Å². The molecule has 0 amide bonds. The molecule has 0 spiro atoms. The van der Waals surface area contributed by atoms with E-state index in [1.807, 2.05) is 30.3 Å². The van der Waals surface area contributed by atoms with Crippen LogP contribution in [0.3, 0.4) is 0 Å². The van der Waals surface area contributed by atoms with Crippen molar-refractivity contribution in [3.63, 3.8) is 0 Å². The van der Waals surface area contributed by atoms with Gasteiger partial charge in [0.05, 0.1) is 5.56 Å². The zero-order chi connectivity index (χ0) is 13.9. The Balaban J connectivity index is 2.12. The zero-order valence-electron chi connectivity index (χ0n) is 10.4. The first-order valence-corrected chi connectivity index (χ1v) is 6.84. The predicted octanol–water partition coefficient (Wildman–Crippen LogP) is 3.96. The molecule has 1 aromatic heterocycles. The summed E-state index contributed by atoms with van der Waals surface area (Å²) in [5.41, 5.74) is 0.599. The summed E-state index contributed by atoms with van der Waals surface area (Å²) in [6.07, 6.45) is 3.29. The van der Waals surface area contributed by atoms with Crippen molar-refractivity contribution < 1.29 is 5.11 Å². The zero-order valence-corrected chi connectivity index (χ0v) is 11.3. The standard InChI is InChI=1S/C16H10N2OS/c17-9-11-7-8-18-10-16(11)20-15-6-5-14(19)12-3-1-2-4-13(12)15/h1-8,10,19H. The highest BCUT2D eigenvalue weighted by Crippen LogP contribution is 2.37. The maximum atomic E-state index is 9.89. The molecule has 0 fully saturated rings. The van der Waals surface area contributed by atoms with Crippen LogP contribution >= 0.6 is 11.8 Å². The molecule has 0 radical (unpaired) electrons. The number of pyridine rings is 1. The summed E-state index contributed by atoms with van der Waals surface area (Å²) in [4.78, 5) is 5.87. The third-order valence-electron chi connectivity index (χ3n) is 2.99. The maximum absolute atomic E-state index is 9.89. The van der Waals surface area contributed by atoms with Gasteiger partial charge >= 0.3 is 0 Å². The smallest absolute Gasteiger partial charge is 0.123 e. The third-order valence-corrected chi connectivity index (χ3v) is 4.11. The van der Waals surface area contributed by atoms with Crippen LogP contribution in [0, 0.1) is 11.3 Å². The minimum absolute atomic E-state index is 0.261. The normalized spacial score (nSPS) is 10.3. The fraction of sp³-hybridized carbons (Fsp3) is 0. The number of aromatic nitrogens is 1. The van der Waals surface area contributed by atoms with Crippen LogP contribution in [-0.2, 0) is 0 Å². The van der Waals surface area contributed by atoms with Gasteiger partial charge in [-0.2, -0.15) is 5.26 Å². The minimum atomic E-state index is 0.261. The second-order valence-corrected chi connectivity index (χ2v) is 5.30. The lowest BCUT2D eigenvalue weighted by molar-refractivity contribution is 0.481. The molecule has 0 aliphatic heterocycles. The second-order valence-electron chi connectivity index (χ2n) is 4.21. The van der Waals surface area contributed by atoms with Gasteiger partial charge in [-0.3, -0.25) is 4.98 Å². The number of nitrogens with zero attached hydrogens (tertiary/aromatic N) is 2. The number of hydrogen-bond donors (Lipinski definition) is 1. The van der Waals surface area contributed by atoms with Crippen molar-refractivity contribution in [1.82, 2.24) is 4.98 Å². The molecule has 3 nitrogen and oxygen atoms in total. The van der Waals surface area contributed by atoms with Gasteiger partial charge in [-0.1, -0.05) is 36.0 Å². The Morgan fingerprint density at radius 1 is 1.00 bits per heavy atom. The summed E-state index contributed by atoms with van der Waals surface area (Å²) >= 11 is 1.48. The van der Waals surface area contributed by atoms with Gasteiger partial charge in [0.1, 0.15) is 11.8 Å². The summed E-state index contributed by atoms with van der Waals surface area (Å²) in [6.45, 7) is 0. The number of aromatic hydroxyl groups is 1. The molecule has 0 bridgehead atoms. The fourth-order valence-electron chi connectivity index (χ4n) is 2.02. The lowest BCUT2D eigenvalue weighted by Gasteiger charge is -2.08. The van der Waals surface area contributed by atoms with E-state index in [0.717, 1.165) is 20.6 Å². The first kappa shape index (κ1) is 12.5. The largest absolute Gasteiger partial charge is 0.507 e. The Morgan fingerprint density at radius 2 is 1.80 bits per heavy atom. The summed E-state index contributed by atoms with van der Waals surface area (Å²) < 4.78 is 0. The highest BCUT2D eigenvalue weighted by Gasteiger charge is 2.09. The van der Waals surface area contributed by atoms with Gasteiger partial charge in [-0.05, 0) is 23.6 Å². The molecule has 2 aromatic carbocycles. The van der Waals surface area contributed by atoms with E-state index in [4.69, 9.17) is 5.26 Å². The van der Waals surface area contributed by atoms with E-state index in [-0.39, 0.29) is 5.75 Å². The van der Waals surface area contributed by atoms with Gasteiger partial charge in [-0.15, -0.1) is 0 Å². The highest BCUT2D eigenvalue weighted by atomic mass is 32.2. The van der Waals surface area contributed by atoms with Crippen LogP contribution in [0.1, 0.15) is 5.56 Å². The van der Waals surface area contributed by atoms with Crippen LogP contribution < -0.4 is 0 Å². The molecule has 4 heteroatoms. The van der Waals surface area contributed by atoms with Gasteiger partial charge in [0.15, 0.2) is 0 Å². The molecular weight excluding hydrogens is 268 g/mol. The van der Waals surface area contributed by atoms with Crippen molar-refractivity contribution >= 4 is 22.5 Å². The Morgan fingerprint density at radius 3 is 2.60 bits per heavy atom. The molecule has 96 valence electrons. The van der Waals surface area contributed by atoms with Crippen LogP contribution in [-0.4, -0.2) is 10.1 Å². The average molecular weight is 278 g/mol. The number of rotatable bonds is 2. The molecule has 0 saturated carbocycles. The van der Waals surface area contributed by atoms with Gasteiger partial charge in [0.2, 0.25) is 0 Å². The number of phenolic OH excluding ortho intramolecular Hbond substituents is 1. The van der Waals surface area contributed by atoms with Gasteiger partial charge in [0.25, 0.3) is 0 Å².